The SMILES string of the molecule is CC(C)CCNc1nc(CC(=O)O)cs1. The van der Waals surface area contributed by atoms with Crippen molar-refractivity contribution in [2.45, 2.75) is 26.7 Å². The number of nitrogens with zero attached hydrogens (tertiary/aromatic N) is 1. The minimum Gasteiger partial charge on any atom is -0.481 e. The van der Waals surface area contributed by atoms with E-state index in [1.807, 2.05) is 0 Å². The van der Waals surface area contributed by atoms with Crippen LogP contribution in [0.15, 0.2) is 5.38 Å². The van der Waals surface area contributed by atoms with Gasteiger partial charge in [-0.15, -0.1) is 11.3 Å². The third-order valence-corrected chi connectivity index (χ3v) is 2.73. The molecule has 1 rings (SSSR count). The monoisotopic (exact) mass is 228 g/mol. The minimum absolute atomic E-state index is 0.00234. The van der Waals surface area contributed by atoms with Gasteiger partial charge in [0.05, 0.1) is 12.1 Å². The first-order chi connectivity index (χ1) is 7.08. The largest absolute Gasteiger partial charge is 0.481 e. The van der Waals surface area contributed by atoms with Crippen molar-refractivity contribution >= 4 is 22.4 Å². The molecule has 0 aromatic carbocycles. The number of carboxylic acids is 1. The quantitative estimate of drug-likeness (QED) is 0.783. The summed E-state index contributed by atoms with van der Waals surface area (Å²) in [6.07, 6.45) is 1.09. The summed E-state index contributed by atoms with van der Waals surface area (Å²) >= 11 is 1.46. The van der Waals surface area contributed by atoms with Crippen molar-refractivity contribution in [1.29, 1.82) is 0 Å². The predicted molar refractivity (Wildman–Crippen MR) is 61.4 cm³/mol. The topological polar surface area (TPSA) is 62.2 Å². The van der Waals surface area contributed by atoms with E-state index in [1.54, 1.807) is 5.38 Å². The van der Waals surface area contributed by atoms with Gasteiger partial charge in [-0.1, -0.05) is 13.8 Å². The first-order valence-electron chi connectivity index (χ1n) is 4.98. The minimum atomic E-state index is -0.839. The van der Waals surface area contributed by atoms with Crippen LogP contribution in [-0.4, -0.2) is 22.6 Å². The van der Waals surface area contributed by atoms with Gasteiger partial charge >= 0.3 is 5.97 Å². The number of carbonyl (C=O) groups is 1. The van der Waals surface area contributed by atoms with Crippen molar-refractivity contribution in [2.24, 2.45) is 5.92 Å². The van der Waals surface area contributed by atoms with E-state index in [-0.39, 0.29) is 6.42 Å². The molecule has 0 unspecified atom stereocenters. The Balaban J connectivity index is 2.36. The molecule has 0 bridgehead atoms. The lowest BCUT2D eigenvalue weighted by Crippen LogP contribution is -2.05. The maximum absolute atomic E-state index is 10.4. The lowest BCUT2D eigenvalue weighted by Gasteiger charge is -2.04. The van der Waals surface area contributed by atoms with Crippen molar-refractivity contribution in [3.63, 3.8) is 0 Å². The van der Waals surface area contributed by atoms with E-state index in [0.717, 1.165) is 18.1 Å². The summed E-state index contributed by atoms with van der Waals surface area (Å²) in [5.41, 5.74) is 0.625. The van der Waals surface area contributed by atoms with E-state index < -0.39 is 5.97 Å². The van der Waals surface area contributed by atoms with Crippen LogP contribution in [-0.2, 0) is 11.2 Å². The van der Waals surface area contributed by atoms with Crippen LogP contribution in [0.1, 0.15) is 26.0 Å². The van der Waals surface area contributed by atoms with Gasteiger partial charge in [0.2, 0.25) is 0 Å². The Morgan fingerprint density at radius 3 is 3.00 bits per heavy atom. The molecule has 1 heterocycles. The van der Waals surface area contributed by atoms with Crippen LogP contribution in [0.25, 0.3) is 0 Å². The Labute approximate surface area is 93.4 Å². The molecule has 0 amide bonds. The van der Waals surface area contributed by atoms with Crippen molar-refractivity contribution in [3.8, 4) is 0 Å². The van der Waals surface area contributed by atoms with Crippen molar-refractivity contribution in [3.05, 3.63) is 11.1 Å². The molecule has 1 aromatic rings. The summed E-state index contributed by atoms with van der Waals surface area (Å²) in [4.78, 5) is 14.6. The lowest BCUT2D eigenvalue weighted by molar-refractivity contribution is -0.136. The zero-order valence-electron chi connectivity index (χ0n) is 8.99. The van der Waals surface area contributed by atoms with Crippen molar-refractivity contribution in [1.82, 2.24) is 4.98 Å². The van der Waals surface area contributed by atoms with E-state index in [4.69, 9.17) is 5.11 Å². The van der Waals surface area contributed by atoms with Crippen LogP contribution >= 0.6 is 11.3 Å². The molecule has 2 N–H and O–H groups in total. The highest BCUT2D eigenvalue weighted by Crippen LogP contribution is 2.16. The Bertz CT molecular complexity index is 323. The second kappa shape index (κ2) is 5.70. The average molecular weight is 228 g/mol. The summed E-state index contributed by atoms with van der Waals surface area (Å²) in [7, 11) is 0. The summed E-state index contributed by atoms with van der Waals surface area (Å²) in [5.74, 6) is -0.176. The van der Waals surface area contributed by atoms with Crippen LogP contribution < -0.4 is 5.32 Å². The van der Waals surface area contributed by atoms with E-state index >= 15 is 0 Å². The Morgan fingerprint density at radius 2 is 2.40 bits per heavy atom. The van der Waals surface area contributed by atoms with Gasteiger partial charge < -0.3 is 10.4 Å². The second-order valence-corrected chi connectivity index (χ2v) is 4.68. The highest BCUT2D eigenvalue weighted by atomic mass is 32.1. The Hall–Kier alpha value is -1.10. The number of thiazole rings is 1. The van der Waals surface area contributed by atoms with Gasteiger partial charge in [0, 0.05) is 11.9 Å². The molecule has 15 heavy (non-hydrogen) atoms. The number of anilines is 1. The molecule has 1 aromatic heterocycles. The smallest absolute Gasteiger partial charge is 0.309 e. The predicted octanol–water partition coefficient (Wildman–Crippen LogP) is 2.23. The van der Waals surface area contributed by atoms with E-state index in [0.29, 0.717) is 11.6 Å². The van der Waals surface area contributed by atoms with E-state index in [1.165, 1.54) is 11.3 Å². The molecule has 0 saturated carbocycles. The molecule has 0 saturated heterocycles. The molecule has 84 valence electrons. The van der Waals surface area contributed by atoms with Crippen LogP contribution in [0.4, 0.5) is 5.13 Å². The van der Waals surface area contributed by atoms with Crippen LogP contribution in [0.5, 0.6) is 0 Å². The zero-order chi connectivity index (χ0) is 11.3. The number of hydrogen-bond donors (Lipinski definition) is 2. The fourth-order valence-corrected chi connectivity index (χ4v) is 1.83. The molecule has 5 heteroatoms. The molecule has 0 radical (unpaired) electrons. The van der Waals surface area contributed by atoms with Gasteiger partial charge in [0.25, 0.3) is 0 Å². The van der Waals surface area contributed by atoms with Gasteiger partial charge in [-0.25, -0.2) is 4.98 Å². The normalized spacial score (nSPS) is 10.6. The molecular formula is C10H16N2O2S. The third-order valence-electron chi connectivity index (χ3n) is 1.88. The number of nitrogens with one attached hydrogen (secondary N) is 1. The van der Waals surface area contributed by atoms with Crippen molar-refractivity contribution in [2.75, 3.05) is 11.9 Å². The molecule has 0 atom stereocenters. The molecular weight excluding hydrogens is 212 g/mol. The van der Waals surface area contributed by atoms with Gasteiger partial charge in [0.15, 0.2) is 5.13 Å². The van der Waals surface area contributed by atoms with Crippen molar-refractivity contribution < 1.29 is 9.90 Å². The highest BCUT2D eigenvalue weighted by Gasteiger charge is 2.05. The van der Waals surface area contributed by atoms with Crippen LogP contribution in [0.2, 0.25) is 0 Å². The standard InChI is InChI=1S/C10H16N2O2S/c1-7(2)3-4-11-10-12-8(6-15-10)5-9(13)14/h6-7H,3-5H2,1-2H3,(H,11,12)(H,13,14). The maximum Gasteiger partial charge on any atom is 0.309 e. The fourth-order valence-electron chi connectivity index (χ4n) is 1.09. The molecule has 4 nitrogen and oxygen atoms in total. The van der Waals surface area contributed by atoms with Gasteiger partial charge in [0.1, 0.15) is 0 Å². The second-order valence-electron chi connectivity index (χ2n) is 3.82. The molecule has 0 fully saturated rings. The highest BCUT2D eigenvalue weighted by molar-refractivity contribution is 7.13. The number of carboxylic acid groups (broad SMARTS) is 1. The first-order valence-corrected chi connectivity index (χ1v) is 5.86. The number of aromatic nitrogens is 1. The molecule has 0 spiro atoms. The number of rotatable bonds is 6. The van der Waals surface area contributed by atoms with Gasteiger partial charge in [-0.2, -0.15) is 0 Å². The van der Waals surface area contributed by atoms with Gasteiger partial charge in [-0.3, -0.25) is 4.79 Å². The Kier molecular flexibility index (Phi) is 4.55. The molecule has 0 aliphatic heterocycles. The van der Waals surface area contributed by atoms with Gasteiger partial charge in [-0.05, 0) is 12.3 Å². The maximum atomic E-state index is 10.4. The average Bonchev–Trinajstić information content (AvgIpc) is 2.50. The summed E-state index contributed by atoms with van der Waals surface area (Å²) in [6, 6.07) is 0. The summed E-state index contributed by atoms with van der Waals surface area (Å²) in [5, 5.41) is 14.3. The van der Waals surface area contributed by atoms with E-state index in [9.17, 15) is 4.79 Å². The van der Waals surface area contributed by atoms with Crippen LogP contribution in [0.3, 0.4) is 0 Å². The molecule has 0 aliphatic carbocycles. The number of hydrogen-bond acceptors (Lipinski definition) is 4. The summed E-state index contributed by atoms with van der Waals surface area (Å²) in [6.45, 7) is 5.22. The lowest BCUT2D eigenvalue weighted by atomic mass is 10.1. The fraction of sp³-hybridized carbons (Fsp3) is 0.600. The summed E-state index contributed by atoms with van der Waals surface area (Å²) < 4.78 is 0. The Morgan fingerprint density at radius 1 is 1.67 bits per heavy atom. The zero-order valence-corrected chi connectivity index (χ0v) is 9.80. The first kappa shape index (κ1) is 12.0. The number of aliphatic carboxylic acids is 1. The molecule has 0 aliphatic rings. The van der Waals surface area contributed by atoms with E-state index in [2.05, 4.69) is 24.1 Å². The third kappa shape index (κ3) is 4.78. The van der Waals surface area contributed by atoms with Crippen LogP contribution in [0, 0.1) is 5.92 Å².